The topological polar surface area (TPSA) is 12.5 Å². The second kappa shape index (κ2) is 10.4. The highest BCUT2D eigenvalue weighted by molar-refractivity contribution is 4.95. The lowest BCUT2D eigenvalue weighted by atomic mass is 9.62. The minimum absolute atomic E-state index is 0.295. The van der Waals surface area contributed by atoms with Crippen molar-refractivity contribution in [2.24, 2.45) is 22.7 Å². The van der Waals surface area contributed by atoms with Gasteiger partial charge in [0, 0.05) is 18.6 Å². The first-order valence-corrected chi connectivity index (χ1v) is 12.4. The van der Waals surface area contributed by atoms with Crippen LogP contribution in [0.4, 0.5) is 8.78 Å². The molecule has 3 fully saturated rings. The number of alkyl halides is 2. The molecule has 0 bridgehead atoms. The van der Waals surface area contributed by atoms with Gasteiger partial charge in [0.1, 0.15) is 11.3 Å². The molecule has 3 rings (SSSR count). The molecular weight excluding hydrogens is 392 g/mol. The van der Waals surface area contributed by atoms with Crippen molar-refractivity contribution in [2.45, 2.75) is 125 Å². The van der Waals surface area contributed by atoms with Gasteiger partial charge in [0.15, 0.2) is 0 Å². The SMILES string of the molecule is CC(C)(C)N1CCOCC1.CC1(F)CC(C(C)(C)C)C1.CC1(F)CCC(C(C)(C)C)C1. The molecule has 4 heteroatoms. The van der Waals surface area contributed by atoms with Crippen LogP contribution in [0.2, 0.25) is 0 Å². The van der Waals surface area contributed by atoms with Crippen molar-refractivity contribution in [3.8, 4) is 0 Å². The molecule has 186 valence electrons. The molecular formula is C27H53F2NO. The van der Waals surface area contributed by atoms with Gasteiger partial charge < -0.3 is 4.74 Å². The number of nitrogens with zero attached hydrogens (tertiary/aromatic N) is 1. The Balaban J connectivity index is 0.000000233. The van der Waals surface area contributed by atoms with Gasteiger partial charge in [0.25, 0.3) is 0 Å². The first kappa shape index (κ1) is 28.8. The minimum atomic E-state index is -0.877. The van der Waals surface area contributed by atoms with E-state index in [1.807, 2.05) is 0 Å². The van der Waals surface area contributed by atoms with Crippen LogP contribution in [0, 0.1) is 22.7 Å². The molecule has 0 aromatic carbocycles. The van der Waals surface area contributed by atoms with Crippen LogP contribution < -0.4 is 0 Å². The fourth-order valence-corrected chi connectivity index (χ4v) is 4.75. The van der Waals surface area contributed by atoms with E-state index in [2.05, 4.69) is 67.2 Å². The van der Waals surface area contributed by atoms with Crippen molar-refractivity contribution in [2.75, 3.05) is 26.3 Å². The smallest absolute Gasteiger partial charge is 0.108 e. The molecule has 0 spiro atoms. The number of ether oxygens (including phenoxy) is 1. The first-order chi connectivity index (χ1) is 13.7. The van der Waals surface area contributed by atoms with Crippen molar-refractivity contribution < 1.29 is 13.5 Å². The molecule has 1 saturated heterocycles. The van der Waals surface area contributed by atoms with Crippen LogP contribution in [0.15, 0.2) is 0 Å². The van der Waals surface area contributed by atoms with E-state index in [1.165, 1.54) is 0 Å². The number of rotatable bonds is 0. The highest BCUT2D eigenvalue weighted by atomic mass is 19.1. The molecule has 2 nitrogen and oxygen atoms in total. The molecule has 0 N–H and O–H groups in total. The Hall–Kier alpha value is -0.220. The molecule has 2 saturated carbocycles. The quantitative estimate of drug-likeness (QED) is 0.376. The van der Waals surface area contributed by atoms with Crippen LogP contribution in [0.5, 0.6) is 0 Å². The third-order valence-electron chi connectivity index (χ3n) is 7.44. The maximum absolute atomic E-state index is 13.4. The van der Waals surface area contributed by atoms with Crippen LogP contribution in [-0.2, 0) is 4.74 Å². The average molecular weight is 446 g/mol. The van der Waals surface area contributed by atoms with E-state index in [-0.39, 0.29) is 0 Å². The maximum atomic E-state index is 13.4. The third-order valence-corrected chi connectivity index (χ3v) is 7.44. The van der Waals surface area contributed by atoms with Gasteiger partial charge in [-0.3, -0.25) is 4.90 Å². The van der Waals surface area contributed by atoms with Crippen LogP contribution in [-0.4, -0.2) is 48.1 Å². The summed E-state index contributed by atoms with van der Waals surface area (Å²) in [4.78, 5) is 2.45. The Bertz CT molecular complexity index is 523. The second-order valence-corrected chi connectivity index (χ2v) is 13.9. The fraction of sp³-hybridized carbons (Fsp3) is 1.00. The molecule has 2 aliphatic carbocycles. The Morgan fingerprint density at radius 1 is 0.710 bits per heavy atom. The lowest BCUT2D eigenvalue weighted by Crippen LogP contribution is -2.47. The van der Waals surface area contributed by atoms with Crippen molar-refractivity contribution in [1.82, 2.24) is 4.90 Å². The van der Waals surface area contributed by atoms with E-state index in [1.54, 1.807) is 13.8 Å². The van der Waals surface area contributed by atoms with Crippen LogP contribution in [0.1, 0.15) is 108 Å². The largest absolute Gasteiger partial charge is 0.379 e. The summed E-state index contributed by atoms with van der Waals surface area (Å²) in [6.07, 6.45) is 4.11. The van der Waals surface area contributed by atoms with Gasteiger partial charge in [0.05, 0.1) is 13.2 Å². The van der Waals surface area contributed by atoms with Crippen molar-refractivity contribution in [1.29, 1.82) is 0 Å². The van der Waals surface area contributed by atoms with Crippen LogP contribution >= 0.6 is 0 Å². The third kappa shape index (κ3) is 10.5. The summed E-state index contributed by atoms with van der Waals surface area (Å²) in [6, 6.07) is 0. The van der Waals surface area contributed by atoms with Crippen molar-refractivity contribution in [3.63, 3.8) is 0 Å². The van der Waals surface area contributed by atoms with Gasteiger partial charge >= 0.3 is 0 Å². The Labute approximate surface area is 192 Å². The molecule has 31 heavy (non-hydrogen) atoms. The molecule has 0 amide bonds. The molecule has 0 aromatic heterocycles. The first-order valence-electron chi connectivity index (χ1n) is 12.4. The van der Waals surface area contributed by atoms with Crippen LogP contribution in [0.3, 0.4) is 0 Å². The van der Waals surface area contributed by atoms with E-state index < -0.39 is 11.3 Å². The van der Waals surface area contributed by atoms with E-state index >= 15 is 0 Å². The summed E-state index contributed by atoms with van der Waals surface area (Å²) in [5.41, 5.74) is -0.797. The van der Waals surface area contributed by atoms with Gasteiger partial charge in [-0.25, -0.2) is 8.78 Å². The molecule has 1 heterocycles. The van der Waals surface area contributed by atoms with Gasteiger partial charge in [-0.1, -0.05) is 41.5 Å². The summed E-state index contributed by atoms with van der Waals surface area (Å²) >= 11 is 0. The fourth-order valence-electron chi connectivity index (χ4n) is 4.75. The second-order valence-electron chi connectivity index (χ2n) is 13.9. The van der Waals surface area contributed by atoms with Crippen molar-refractivity contribution >= 4 is 0 Å². The number of morpholine rings is 1. The molecule has 2 atom stereocenters. The average Bonchev–Trinajstić information content (AvgIpc) is 2.93. The number of hydrogen-bond donors (Lipinski definition) is 0. The molecule has 0 aromatic rings. The number of hydrogen-bond acceptors (Lipinski definition) is 2. The molecule has 2 unspecified atom stereocenters. The Morgan fingerprint density at radius 2 is 1.13 bits per heavy atom. The predicted molar refractivity (Wildman–Crippen MR) is 130 cm³/mol. The lowest BCUT2D eigenvalue weighted by Gasteiger charge is -2.46. The molecule has 0 radical (unpaired) electrons. The van der Waals surface area contributed by atoms with Crippen LogP contribution in [0.25, 0.3) is 0 Å². The maximum Gasteiger partial charge on any atom is 0.108 e. The van der Waals surface area contributed by atoms with Gasteiger partial charge in [-0.15, -0.1) is 0 Å². The van der Waals surface area contributed by atoms with Gasteiger partial charge in [-0.2, -0.15) is 0 Å². The van der Waals surface area contributed by atoms with E-state index in [0.717, 1.165) is 58.4 Å². The Kier molecular flexibility index (Phi) is 9.63. The normalized spacial score (nSPS) is 34.7. The van der Waals surface area contributed by atoms with Crippen molar-refractivity contribution in [3.05, 3.63) is 0 Å². The highest BCUT2D eigenvalue weighted by Gasteiger charge is 2.45. The Morgan fingerprint density at radius 3 is 1.32 bits per heavy atom. The molecule has 3 aliphatic rings. The summed E-state index contributed by atoms with van der Waals surface area (Å²) in [6.45, 7) is 27.3. The summed E-state index contributed by atoms with van der Waals surface area (Å²) in [5.74, 6) is 1.18. The monoisotopic (exact) mass is 445 g/mol. The summed E-state index contributed by atoms with van der Waals surface area (Å²) in [5, 5.41) is 0. The predicted octanol–water partition coefficient (Wildman–Crippen LogP) is 7.85. The van der Waals surface area contributed by atoms with Gasteiger partial charge in [0.2, 0.25) is 0 Å². The zero-order valence-corrected chi connectivity index (χ0v) is 22.6. The van der Waals surface area contributed by atoms with E-state index in [0.29, 0.717) is 28.2 Å². The van der Waals surface area contributed by atoms with E-state index in [4.69, 9.17) is 4.74 Å². The number of halogens is 2. The summed E-state index contributed by atoms with van der Waals surface area (Å²) < 4.78 is 31.6. The molecule has 1 aliphatic heterocycles. The summed E-state index contributed by atoms with van der Waals surface area (Å²) in [7, 11) is 0. The lowest BCUT2D eigenvalue weighted by molar-refractivity contribution is -0.0289. The minimum Gasteiger partial charge on any atom is -0.379 e. The van der Waals surface area contributed by atoms with Gasteiger partial charge in [-0.05, 0) is 89.4 Å². The zero-order valence-electron chi connectivity index (χ0n) is 22.6. The standard InChI is InChI=1S/C10H19F.C9H17F.C8H17NO/c1-9(2,3)8-5-6-10(4,11)7-8;1-8(2,3)7-5-9(4,10)6-7;1-8(2,3)9-4-6-10-7-5-9/h8H,5-7H2,1-4H3;7H,5-6H2,1-4H3;4-7H2,1-3H3. The highest BCUT2D eigenvalue weighted by Crippen LogP contribution is 2.49. The van der Waals surface area contributed by atoms with E-state index in [9.17, 15) is 8.78 Å². The zero-order chi connectivity index (χ0) is 24.3.